The Morgan fingerprint density at radius 3 is 2.11 bits per heavy atom. The zero-order chi connectivity index (χ0) is 37.8. The van der Waals surface area contributed by atoms with Gasteiger partial charge in [0.1, 0.15) is 17.8 Å². The van der Waals surface area contributed by atoms with Crippen LogP contribution in [0.15, 0.2) is 84.6 Å². The molecule has 278 valence electrons. The molecule has 5 rings (SSSR count). The van der Waals surface area contributed by atoms with Crippen LogP contribution in [0.5, 0.6) is 5.75 Å². The van der Waals surface area contributed by atoms with Crippen LogP contribution in [0.3, 0.4) is 0 Å². The molecular formula is C41H47N5O5S2. The number of nitrogens with zero attached hydrogens (tertiary/aromatic N) is 3. The molecule has 53 heavy (non-hydrogen) atoms. The molecule has 0 aliphatic carbocycles. The van der Waals surface area contributed by atoms with Crippen molar-refractivity contribution in [2.45, 2.75) is 90.1 Å². The minimum atomic E-state index is -1.21. The number of nitrogens with one attached hydrogen (secondary N) is 2. The van der Waals surface area contributed by atoms with Gasteiger partial charge in [-0.3, -0.25) is 9.59 Å². The molecule has 10 nitrogen and oxygen atoms in total. The number of carbonyl (C=O) groups excluding carboxylic acids is 2. The minimum Gasteiger partial charge on any atom is -0.494 e. The Bertz CT molecular complexity index is 1920. The Morgan fingerprint density at radius 2 is 1.49 bits per heavy atom. The summed E-state index contributed by atoms with van der Waals surface area (Å²) in [4.78, 5) is 54.0. The smallest absolute Gasteiger partial charge is 0.326 e. The number of benzene rings is 2. The van der Waals surface area contributed by atoms with Crippen molar-refractivity contribution in [3.8, 4) is 28.3 Å². The molecule has 2 atom stereocenters. The molecule has 3 aromatic heterocycles. The molecule has 0 bridgehead atoms. The van der Waals surface area contributed by atoms with Crippen molar-refractivity contribution in [2.75, 3.05) is 6.61 Å². The molecule has 2 amide bonds. The molecule has 12 heteroatoms. The Kier molecular flexibility index (Phi) is 13.9. The van der Waals surface area contributed by atoms with Crippen molar-refractivity contribution >= 4 is 40.5 Å². The largest absolute Gasteiger partial charge is 0.494 e. The number of amides is 2. The van der Waals surface area contributed by atoms with Gasteiger partial charge in [0.25, 0.3) is 5.91 Å². The van der Waals surface area contributed by atoms with Crippen molar-refractivity contribution in [2.24, 2.45) is 0 Å². The van der Waals surface area contributed by atoms with E-state index >= 15 is 0 Å². The van der Waals surface area contributed by atoms with Crippen LogP contribution in [0, 0.1) is 0 Å². The van der Waals surface area contributed by atoms with Crippen molar-refractivity contribution in [1.29, 1.82) is 0 Å². The van der Waals surface area contributed by atoms with Crippen LogP contribution in [0.1, 0.15) is 84.9 Å². The van der Waals surface area contributed by atoms with E-state index in [-0.39, 0.29) is 18.3 Å². The molecular weight excluding hydrogens is 707 g/mol. The summed E-state index contributed by atoms with van der Waals surface area (Å²) in [6.45, 7) is 9.14. The van der Waals surface area contributed by atoms with E-state index in [0.29, 0.717) is 15.7 Å². The lowest BCUT2D eigenvalue weighted by molar-refractivity contribution is -0.142. The number of aromatic nitrogens is 3. The second-order valence-electron chi connectivity index (χ2n) is 14.0. The highest BCUT2D eigenvalue weighted by Crippen LogP contribution is 2.30. The van der Waals surface area contributed by atoms with Gasteiger partial charge in [-0.05, 0) is 47.2 Å². The summed E-state index contributed by atoms with van der Waals surface area (Å²) in [5.74, 6) is -0.788. The summed E-state index contributed by atoms with van der Waals surface area (Å²) in [7, 11) is 0. The summed E-state index contributed by atoms with van der Waals surface area (Å²) in [6, 6.07) is 16.8. The highest BCUT2D eigenvalue weighted by atomic mass is 32.1. The third-order valence-corrected chi connectivity index (χ3v) is 11.0. The number of ether oxygens (including phenoxy) is 1. The third kappa shape index (κ3) is 11.5. The van der Waals surface area contributed by atoms with E-state index in [9.17, 15) is 19.5 Å². The average molecular weight is 754 g/mol. The first kappa shape index (κ1) is 39.3. The normalized spacial score (nSPS) is 12.5. The predicted molar refractivity (Wildman–Crippen MR) is 211 cm³/mol. The number of hydrogen-bond acceptors (Lipinski definition) is 9. The quantitative estimate of drug-likeness (QED) is 0.0762. The maximum absolute atomic E-state index is 13.6. The maximum Gasteiger partial charge on any atom is 0.326 e. The van der Waals surface area contributed by atoms with E-state index in [1.54, 1.807) is 30.0 Å². The number of carboxylic acid groups (broad SMARTS) is 1. The topological polar surface area (TPSA) is 143 Å². The number of aliphatic carboxylic acids is 1. The number of thiazole rings is 1. The van der Waals surface area contributed by atoms with E-state index in [4.69, 9.17) is 4.74 Å². The summed E-state index contributed by atoms with van der Waals surface area (Å²) >= 11 is 2.68. The number of hydrogen-bond donors (Lipinski definition) is 3. The van der Waals surface area contributed by atoms with Crippen molar-refractivity contribution in [1.82, 2.24) is 25.6 Å². The van der Waals surface area contributed by atoms with Crippen LogP contribution in [-0.4, -0.2) is 56.5 Å². The lowest BCUT2D eigenvalue weighted by atomic mass is 9.95. The Hall–Kier alpha value is -4.94. The standard InChI is InChI=1S/C41H47N5O5S2/c1-5-6-7-8-9-21-51-31-16-14-28(15-17-31)30-25-43-37(44-26-30)29-12-10-27(11-13-29)23-32(45-39(48)34-18-19-35(53-34)41(2,3)4)38(47)46-33(40(49)50)24-36-42-20-22-52-36/h10-20,22,25-26,32-33H,5-9,21,23-24H2,1-4H3,(H,45,48)(H,46,47)(H,49,50). The molecule has 2 aromatic carbocycles. The molecule has 3 heterocycles. The second kappa shape index (κ2) is 18.7. The van der Waals surface area contributed by atoms with Gasteiger partial charge in [0.05, 0.1) is 16.5 Å². The van der Waals surface area contributed by atoms with Gasteiger partial charge in [-0.2, -0.15) is 0 Å². The van der Waals surface area contributed by atoms with Gasteiger partial charge in [-0.15, -0.1) is 22.7 Å². The average Bonchev–Trinajstić information content (AvgIpc) is 3.87. The summed E-state index contributed by atoms with van der Waals surface area (Å²) in [6.07, 6.45) is 11.3. The predicted octanol–water partition coefficient (Wildman–Crippen LogP) is 8.13. The number of thiophene rings is 1. The first-order valence-corrected chi connectivity index (χ1v) is 19.7. The molecule has 0 spiro atoms. The fraction of sp³-hybridized carbons (Fsp3) is 0.366. The van der Waals surface area contributed by atoms with Gasteiger partial charge < -0.3 is 20.5 Å². The first-order chi connectivity index (χ1) is 25.5. The summed E-state index contributed by atoms with van der Waals surface area (Å²) < 4.78 is 5.90. The van der Waals surface area contributed by atoms with Gasteiger partial charge >= 0.3 is 5.97 Å². The lowest BCUT2D eigenvalue weighted by Crippen LogP contribution is -2.53. The Balaban J connectivity index is 1.25. The zero-order valence-corrected chi connectivity index (χ0v) is 32.3. The van der Waals surface area contributed by atoms with Gasteiger partial charge in [-0.1, -0.05) is 89.8 Å². The molecule has 5 aromatic rings. The third-order valence-electron chi connectivity index (χ3n) is 8.68. The molecule has 3 N–H and O–H groups in total. The summed E-state index contributed by atoms with van der Waals surface area (Å²) in [5.41, 5.74) is 3.29. The monoisotopic (exact) mass is 753 g/mol. The molecule has 2 unspecified atom stereocenters. The molecule has 0 aliphatic rings. The van der Waals surface area contributed by atoms with Crippen LogP contribution >= 0.6 is 22.7 Å². The lowest BCUT2D eigenvalue weighted by Gasteiger charge is -2.21. The van der Waals surface area contributed by atoms with Crippen LogP contribution < -0.4 is 15.4 Å². The van der Waals surface area contributed by atoms with Crippen LogP contribution in [0.2, 0.25) is 0 Å². The molecule has 0 saturated carbocycles. The SMILES string of the molecule is CCCCCCCOc1ccc(-c2cnc(-c3ccc(CC(NC(=O)c4ccc(C(C)(C)C)s4)C(=O)NC(Cc4nccs4)C(=O)O)cc3)nc2)cc1. The second-order valence-corrected chi connectivity index (χ2v) is 16.0. The zero-order valence-electron chi connectivity index (χ0n) is 30.6. The maximum atomic E-state index is 13.6. The fourth-order valence-electron chi connectivity index (χ4n) is 5.59. The number of unbranched alkanes of at least 4 members (excludes halogenated alkanes) is 4. The summed E-state index contributed by atoms with van der Waals surface area (Å²) in [5, 5.41) is 17.7. The van der Waals surface area contributed by atoms with Gasteiger partial charge in [0.15, 0.2) is 5.82 Å². The molecule has 0 fully saturated rings. The van der Waals surface area contributed by atoms with E-state index < -0.39 is 29.9 Å². The highest BCUT2D eigenvalue weighted by molar-refractivity contribution is 7.14. The van der Waals surface area contributed by atoms with Crippen LogP contribution in [-0.2, 0) is 27.8 Å². The van der Waals surface area contributed by atoms with E-state index in [1.807, 2.05) is 54.6 Å². The fourth-order valence-corrected chi connectivity index (χ4v) is 7.22. The molecule has 0 radical (unpaired) electrons. The van der Waals surface area contributed by atoms with Gasteiger partial charge in [0.2, 0.25) is 5.91 Å². The van der Waals surface area contributed by atoms with Crippen molar-refractivity contribution in [3.63, 3.8) is 0 Å². The Labute approximate surface area is 319 Å². The number of carbonyl (C=O) groups is 3. The highest BCUT2D eigenvalue weighted by Gasteiger charge is 2.29. The van der Waals surface area contributed by atoms with Gasteiger partial charge in [-0.25, -0.2) is 19.7 Å². The van der Waals surface area contributed by atoms with Crippen LogP contribution in [0.25, 0.3) is 22.5 Å². The molecule has 0 aliphatic heterocycles. The van der Waals surface area contributed by atoms with Crippen molar-refractivity contribution < 1.29 is 24.2 Å². The molecule has 0 saturated heterocycles. The van der Waals surface area contributed by atoms with Crippen molar-refractivity contribution in [3.05, 3.63) is 105 Å². The van der Waals surface area contributed by atoms with E-state index in [0.717, 1.165) is 45.9 Å². The van der Waals surface area contributed by atoms with Crippen LogP contribution in [0.4, 0.5) is 0 Å². The van der Waals surface area contributed by atoms with E-state index in [2.05, 4.69) is 53.3 Å². The van der Waals surface area contributed by atoms with E-state index in [1.165, 1.54) is 48.4 Å². The first-order valence-electron chi connectivity index (χ1n) is 18.0. The van der Waals surface area contributed by atoms with Gasteiger partial charge in [0, 0.05) is 52.8 Å². The number of rotatable bonds is 18. The number of carboxylic acids is 1. The minimum absolute atomic E-state index is 0.0335. The Morgan fingerprint density at radius 1 is 0.792 bits per heavy atom.